The number of carbonyl (C=O) groups excluding carboxylic acids is 5. The highest BCUT2D eigenvalue weighted by Gasteiger charge is 2.33. The van der Waals surface area contributed by atoms with E-state index in [0.717, 1.165) is 6.42 Å². The summed E-state index contributed by atoms with van der Waals surface area (Å²) >= 11 is 0. The average molecular weight is 701 g/mol. The second-order valence-corrected chi connectivity index (χ2v) is 13.4. The summed E-state index contributed by atoms with van der Waals surface area (Å²) in [6.07, 6.45) is 6.34. The van der Waals surface area contributed by atoms with Gasteiger partial charge in [0.15, 0.2) is 5.78 Å². The zero-order valence-electron chi connectivity index (χ0n) is 29.5. The summed E-state index contributed by atoms with van der Waals surface area (Å²) in [6, 6.07) is 0.803. The molecule has 0 aromatic heterocycles. The van der Waals surface area contributed by atoms with Crippen LogP contribution in [0.15, 0.2) is 36.4 Å². The monoisotopic (exact) mass is 700 g/mol. The Balaban J connectivity index is 2.43. The van der Waals surface area contributed by atoms with Crippen molar-refractivity contribution in [2.75, 3.05) is 6.54 Å². The predicted molar refractivity (Wildman–Crippen MR) is 189 cm³/mol. The number of amides is 4. The molecule has 278 valence electrons. The van der Waals surface area contributed by atoms with E-state index in [1.807, 2.05) is 20.8 Å². The van der Waals surface area contributed by atoms with E-state index in [4.69, 9.17) is 11.5 Å². The van der Waals surface area contributed by atoms with Gasteiger partial charge in [-0.2, -0.15) is 0 Å². The molecule has 0 fully saturated rings. The maximum Gasteiger partial charge on any atom is 0.306 e. The van der Waals surface area contributed by atoms with Crippen LogP contribution in [0.25, 0.3) is 0 Å². The van der Waals surface area contributed by atoms with Gasteiger partial charge in [0.2, 0.25) is 23.6 Å². The van der Waals surface area contributed by atoms with Crippen LogP contribution in [0.2, 0.25) is 0 Å². The first-order chi connectivity index (χ1) is 23.7. The van der Waals surface area contributed by atoms with Gasteiger partial charge in [-0.3, -0.25) is 28.8 Å². The minimum absolute atomic E-state index is 0.0102. The second-order valence-electron chi connectivity index (χ2n) is 13.4. The lowest BCUT2D eigenvalue weighted by Crippen LogP contribution is -2.58. The van der Waals surface area contributed by atoms with E-state index >= 15 is 0 Å². The van der Waals surface area contributed by atoms with E-state index in [1.165, 1.54) is 12.1 Å². The molecular formula is C36H56N6O8. The van der Waals surface area contributed by atoms with E-state index in [0.29, 0.717) is 37.8 Å². The summed E-state index contributed by atoms with van der Waals surface area (Å²) in [5, 5.41) is 30.5. The zero-order chi connectivity index (χ0) is 37.2. The van der Waals surface area contributed by atoms with E-state index in [9.17, 15) is 39.0 Å². The molecule has 4 amide bonds. The number of phenols is 1. The van der Waals surface area contributed by atoms with Crippen molar-refractivity contribution in [1.82, 2.24) is 21.3 Å². The van der Waals surface area contributed by atoms with Gasteiger partial charge in [0.25, 0.3) is 0 Å². The minimum Gasteiger partial charge on any atom is -0.508 e. The normalized spacial score (nSPS) is 21.7. The number of nitrogens with two attached hydrogens (primary N) is 2. The van der Waals surface area contributed by atoms with Crippen LogP contribution < -0.4 is 32.7 Å². The Morgan fingerprint density at radius 1 is 0.900 bits per heavy atom. The summed E-state index contributed by atoms with van der Waals surface area (Å²) in [4.78, 5) is 79.5. The molecule has 2 rings (SSSR count). The highest BCUT2D eigenvalue weighted by Crippen LogP contribution is 2.19. The molecule has 14 heteroatoms. The summed E-state index contributed by atoms with van der Waals surface area (Å²) in [7, 11) is 0. The van der Waals surface area contributed by atoms with Crippen molar-refractivity contribution in [3.63, 3.8) is 0 Å². The number of aromatic hydroxyl groups is 1. The van der Waals surface area contributed by atoms with Gasteiger partial charge < -0.3 is 42.9 Å². The van der Waals surface area contributed by atoms with Crippen LogP contribution in [0.1, 0.15) is 90.5 Å². The van der Waals surface area contributed by atoms with E-state index in [2.05, 4.69) is 21.3 Å². The molecule has 0 spiro atoms. The molecule has 14 nitrogen and oxygen atoms in total. The van der Waals surface area contributed by atoms with Crippen molar-refractivity contribution in [1.29, 1.82) is 0 Å². The molecule has 0 unspecified atom stereocenters. The molecule has 0 saturated carbocycles. The maximum atomic E-state index is 13.9. The zero-order valence-corrected chi connectivity index (χ0v) is 29.5. The number of phenolic OH excluding ortho intramolecular Hbond substituents is 1. The fraction of sp³-hybridized carbons (Fsp3) is 0.611. The third kappa shape index (κ3) is 14.7. The molecule has 1 heterocycles. The van der Waals surface area contributed by atoms with Gasteiger partial charge in [0.05, 0.1) is 18.0 Å². The van der Waals surface area contributed by atoms with Crippen LogP contribution in [0, 0.1) is 11.8 Å². The van der Waals surface area contributed by atoms with Gasteiger partial charge >= 0.3 is 5.97 Å². The van der Waals surface area contributed by atoms with Crippen molar-refractivity contribution in [3.05, 3.63) is 42.0 Å². The highest BCUT2D eigenvalue weighted by molar-refractivity contribution is 5.96. The smallest absolute Gasteiger partial charge is 0.306 e. The summed E-state index contributed by atoms with van der Waals surface area (Å²) in [5.41, 5.74) is 12.4. The second kappa shape index (κ2) is 21.7. The molecule has 0 radical (unpaired) electrons. The topological polar surface area (TPSA) is 243 Å². The number of benzene rings is 1. The maximum absolute atomic E-state index is 13.9. The largest absolute Gasteiger partial charge is 0.508 e. The number of ketones is 1. The Morgan fingerprint density at radius 3 is 2.10 bits per heavy atom. The van der Waals surface area contributed by atoms with Crippen LogP contribution in [-0.2, 0) is 35.2 Å². The van der Waals surface area contributed by atoms with E-state index < -0.39 is 71.5 Å². The Kier molecular flexibility index (Phi) is 18.2. The van der Waals surface area contributed by atoms with Crippen LogP contribution >= 0.6 is 0 Å². The number of carboxylic acids is 1. The number of carboxylic acid groups (broad SMARTS) is 1. The Morgan fingerprint density at radius 2 is 1.50 bits per heavy atom. The Hall–Kier alpha value is -4.30. The molecule has 1 aromatic carbocycles. The quantitative estimate of drug-likeness (QED) is 0.0862. The fourth-order valence-corrected chi connectivity index (χ4v) is 5.69. The lowest BCUT2D eigenvalue weighted by molar-refractivity contribution is -0.144. The number of rotatable bonds is 17. The molecule has 10 N–H and O–H groups in total. The number of unbranched alkanes of at least 4 members (excludes halogenated alkanes) is 2. The van der Waals surface area contributed by atoms with Crippen LogP contribution in [-0.4, -0.2) is 82.3 Å². The van der Waals surface area contributed by atoms with Crippen LogP contribution in [0.5, 0.6) is 5.75 Å². The molecule has 6 atom stereocenters. The molecule has 50 heavy (non-hydrogen) atoms. The van der Waals surface area contributed by atoms with Gasteiger partial charge in [-0.1, -0.05) is 57.9 Å². The molecule has 1 aliphatic rings. The van der Waals surface area contributed by atoms with Gasteiger partial charge in [0.1, 0.15) is 23.9 Å². The number of nitrogens with one attached hydrogen (secondary N) is 4. The van der Waals surface area contributed by atoms with Crippen molar-refractivity contribution >= 4 is 35.4 Å². The molecule has 0 saturated heterocycles. The SMILES string of the molecule is CCCC[C@@H]1NC(=O)[C@@H](N)CC=CC[C@@H](C(=O)N[C@@H](Cc2ccc(O)cc2)C(=O)C[C@@H](CC(C)C)C(=O)O)NC(=O)[C@H](CCCCN)NC1=O. The Bertz CT molecular complexity index is 1320. The van der Waals surface area contributed by atoms with Crippen molar-refractivity contribution < 1.29 is 39.0 Å². The molecule has 0 bridgehead atoms. The van der Waals surface area contributed by atoms with Gasteiger partial charge in [-0.25, -0.2) is 0 Å². The Labute approximate surface area is 294 Å². The van der Waals surface area contributed by atoms with Gasteiger partial charge in [-0.05, 0) is 81.5 Å². The first kappa shape index (κ1) is 41.9. The minimum atomic E-state index is -1.20. The summed E-state index contributed by atoms with van der Waals surface area (Å²) < 4.78 is 0. The lowest BCUT2D eigenvalue weighted by Gasteiger charge is -2.27. The van der Waals surface area contributed by atoms with E-state index in [1.54, 1.807) is 24.3 Å². The first-order valence-corrected chi connectivity index (χ1v) is 17.6. The third-order valence-electron chi connectivity index (χ3n) is 8.59. The van der Waals surface area contributed by atoms with Gasteiger partial charge in [-0.15, -0.1) is 0 Å². The number of carbonyl (C=O) groups is 6. The van der Waals surface area contributed by atoms with Crippen LogP contribution in [0.3, 0.4) is 0 Å². The lowest BCUT2D eigenvalue weighted by atomic mass is 9.89. The molecule has 1 aliphatic heterocycles. The summed E-state index contributed by atoms with van der Waals surface area (Å²) in [5.74, 6) is -4.93. The average Bonchev–Trinajstić information content (AvgIpc) is 3.06. The molecule has 0 aliphatic carbocycles. The number of hydrogen-bond acceptors (Lipinski definition) is 9. The van der Waals surface area contributed by atoms with Crippen molar-refractivity contribution in [3.8, 4) is 5.75 Å². The van der Waals surface area contributed by atoms with Crippen molar-refractivity contribution in [2.45, 2.75) is 122 Å². The fourth-order valence-electron chi connectivity index (χ4n) is 5.69. The van der Waals surface area contributed by atoms with Crippen LogP contribution in [0.4, 0.5) is 0 Å². The predicted octanol–water partition coefficient (Wildman–Crippen LogP) is 1.58. The van der Waals surface area contributed by atoms with Gasteiger partial charge in [0, 0.05) is 6.42 Å². The molecular weight excluding hydrogens is 644 g/mol. The third-order valence-corrected chi connectivity index (χ3v) is 8.59. The van der Waals surface area contributed by atoms with Crippen molar-refractivity contribution in [2.24, 2.45) is 23.3 Å². The summed E-state index contributed by atoms with van der Waals surface area (Å²) in [6.45, 7) is 6.04. The first-order valence-electron chi connectivity index (χ1n) is 17.6. The van der Waals surface area contributed by atoms with E-state index in [-0.39, 0.29) is 50.2 Å². The number of Topliss-reactive ketones (excluding diaryl/α,β-unsaturated/α-hetero) is 1. The number of hydrogen-bond donors (Lipinski definition) is 8. The number of aliphatic carboxylic acids is 1. The standard InChI is InChI=1S/C36H56N6O8/c1-4-5-11-27-33(46)41-29(13-8-9-18-37)34(47)40-28(12-7-6-10-26(38)32(45)39-27)35(48)42-30(20-23-14-16-25(43)17-15-23)31(44)21-24(36(49)50)19-22(2)3/h6-7,14-17,22,24,26-30,43H,4-5,8-13,18-21,37-38H2,1-3H3,(H,39,45)(H,40,47)(H,41,46)(H,42,48)(H,49,50)/t24-,26+,27+,28+,29+,30+/m1/s1. The highest BCUT2D eigenvalue weighted by atomic mass is 16.4. The molecule has 1 aromatic rings.